The Balaban J connectivity index is 1.98. The maximum absolute atomic E-state index is 12.0. The largest absolute Gasteiger partial charge is 0.340 e. The van der Waals surface area contributed by atoms with E-state index in [-0.39, 0.29) is 5.91 Å². The van der Waals surface area contributed by atoms with Crippen molar-refractivity contribution in [1.29, 1.82) is 0 Å². The molecular formula is C15H22N2O. The Kier molecular flexibility index (Phi) is 3.44. The van der Waals surface area contributed by atoms with Crippen LogP contribution in [-0.4, -0.2) is 23.4 Å². The smallest absolute Gasteiger partial charge is 0.242 e. The van der Waals surface area contributed by atoms with Gasteiger partial charge >= 0.3 is 0 Å². The fourth-order valence-corrected chi connectivity index (χ4v) is 2.08. The zero-order valence-corrected chi connectivity index (χ0v) is 11.4. The van der Waals surface area contributed by atoms with Gasteiger partial charge in [0.15, 0.2) is 0 Å². The van der Waals surface area contributed by atoms with Crippen molar-refractivity contribution in [2.24, 2.45) is 5.73 Å². The monoisotopic (exact) mass is 246 g/mol. The van der Waals surface area contributed by atoms with Gasteiger partial charge in [0.25, 0.3) is 0 Å². The summed E-state index contributed by atoms with van der Waals surface area (Å²) in [6.45, 7) is 4.99. The molecule has 1 fully saturated rings. The highest BCUT2D eigenvalue weighted by molar-refractivity contribution is 5.88. The van der Waals surface area contributed by atoms with Crippen molar-refractivity contribution in [3.8, 4) is 0 Å². The third-order valence-corrected chi connectivity index (χ3v) is 3.63. The molecule has 2 N–H and O–H groups in total. The number of hydrogen-bond donors (Lipinski definition) is 1. The number of benzene rings is 1. The predicted octanol–water partition coefficient (Wildman–Crippen LogP) is 2.26. The number of amides is 1. The molecule has 0 spiro atoms. The van der Waals surface area contributed by atoms with E-state index in [2.05, 4.69) is 38.1 Å². The van der Waals surface area contributed by atoms with Gasteiger partial charge in [0.2, 0.25) is 5.91 Å². The van der Waals surface area contributed by atoms with Crippen molar-refractivity contribution >= 4 is 5.91 Å². The number of nitrogens with two attached hydrogens (primary N) is 1. The van der Waals surface area contributed by atoms with E-state index in [0.29, 0.717) is 12.5 Å². The summed E-state index contributed by atoms with van der Waals surface area (Å²) in [7, 11) is 1.83. The van der Waals surface area contributed by atoms with E-state index in [0.717, 1.165) is 18.4 Å². The normalized spacial score (nSPS) is 16.7. The zero-order valence-electron chi connectivity index (χ0n) is 11.4. The summed E-state index contributed by atoms with van der Waals surface area (Å²) in [5.41, 5.74) is 7.83. The minimum absolute atomic E-state index is 0.0652. The van der Waals surface area contributed by atoms with Crippen molar-refractivity contribution in [3.05, 3.63) is 35.4 Å². The van der Waals surface area contributed by atoms with Gasteiger partial charge in [-0.2, -0.15) is 0 Å². The van der Waals surface area contributed by atoms with Crippen LogP contribution < -0.4 is 5.73 Å². The first-order valence-electron chi connectivity index (χ1n) is 6.56. The van der Waals surface area contributed by atoms with Gasteiger partial charge in [-0.3, -0.25) is 4.79 Å². The van der Waals surface area contributed by atoms with Crippen LogP contribution in [-0.2, 0) is 11.3 Å². The molecule has 0 atom stereocenters. The van der Waals surface area contributed by atoms with Crippen molar-refractivity contribution in [1.82, 2.24) is 4.90 Å². The van der Waals surface area contributed by atoms with Gasteiger partial charge < -0.3 is 10.6 Å². The van der Waals surface area contributed by atoms with Crippen LogP contribution in [0.15, 0.2) is 24.3 Å². The molecule has 98 valence electrons. The molecule has 0 aliphatic heterocycles. The molecule has 0 unspecified atom stereocenters. The lowest BCUT2D eigenvalue weighted by Gasteiger charge is -2.21. The Morgan fingerprint density at radius 2 is 1.89 bits per heavy atom. The molecular weight excluding hydrogens is 224 g/mol. The summed E-state index contributed by atoms with van der Waals surface area (Å²) in [5, 5.41) is 0. The van der Waals surface area contributed by atoms with Crippen LogP contribution in [0.25, 0.3) is 0 Å². The van der Waals surface area contributed by atoms with E-state index in [9.17, 15) is 4.79 Å². The van der Waals surface area contributed by atoms with Gasteiger partial charge in [-0.15, -0.1) is 0 Å². The molecule has 0 bridgehead atoms. The highest BCUT2D eigenvalue weighted by Gasteiger charge is 2.47. The number of rotatable bonds is 4. The standard InChI is InChI=1S/C15H22N2O/c1-11(2)13-6-4-12(5-7-13)10-17(3)14(18)15(16)8-9-15/h4-7,11H,8-10,16H2,1-3H3. The summed E-state index contributed by atoms with van der Waals surface area (Å²) in [5.74, 6) is 0.604. The van der Waals surface area contributed by atoms with E-state index >= 15 is 0 Å². The molecule has 3 nitrogen and oxygen atoms in total. The van der Waals surface area contributed by atoms with Crippen LogP contribution in [0.3, 0.4) is 0 Å². The molecule has 0 aromatic heterocycles. The van der Waals surface area contributed by atoms with Gasteiger partial charge in [-0.05, 0) is 29.9 Å². The molecule has 1 aliphatic carbocycles. The van der Waals surface area contributed by atoms with Crippen LogP contribution in [0.1, 0.15) is 43.7 Å². The maximum atomic E-state index is 12.0. The lowest BCUT2D eigenvalue weighted by molar-refractivity contribution is -0.132. The van der Waals surface area contributed by atoms with E-state index in [1.54, 1.807) is 4.90 Å². The Morgan fingerprint density at radius 3 is 2.33 bits per heavy atom. The third kappa shape index (κ3) is 2.72. The second-order valence-electron chi connectivity index (χ2n) is 5.71. The minimum atomic E-state index is -0.563. The Bertz CT molecular complexity index is 432. The minimum Gasteiger partial charge on any atom is -0.340 e. The van der Waals surface area contributed by atoms with Gasteiger partial charge in [0.05, 0.1) is 5.54 Å². The van der Waals surface area contributed by atoms with E-state index in [1.165, 1.54) is 5.56 Å². The van der Waals surface area contributed by atoms with Crippen molar-refractivity contribution in [2.75, 3.05) is 7.05 Å². The van der Waals surface area contributed by atoms with Gasteiger partial charge in [0.1, 0.15) is 0 Å². The van der Waals surface area contributed by atoms with Crippen LogP contribution in [0, 0.1) is 0 Å². The summed E-state index contributed by atoms with van der Waals surface area (Å²) in [6, 6.07) is 8.45. The highest BCUT2D eigenvalue weighted by atomic mass is 16.2. The first kappa shape index (κ1) is 13.1. The number of carbonyl (C=O) groups excluding carboxylic acids is 1. The molecule has 2 rings (SSSR count). The first-order valence-corrected chi connectivity index (χ1v) is 6.56. The van der Waals surface area contributed by atoms with E-state index in [1.807, 2.05) is 7.05 Å². The maximum Gasteiger partial charge on any atom is 0.242 e. The van der Waals surface area contributed by atoms with Crippen LogP contribution in [0.4, 0.5) is 0 Å². The molecule has 0 heterocycles. The first-order chi connectivity index (χ1) is 8.42. The van der Waals surface area contributed by atoms with Crippen molar-refractivity contribution in [3.63, 3.8) is 0 Å². The number of nitrogens with zero attached hydrogens (tertiary/aromatic N) is 1. The summed E-state index contributed by atoms with van der Waals surface area (Å²) in [6.07, 6.45) is 1.64. The van der Waals surface area contributed by atoms with E-state index < -0.39 is 5.54 Å². The summed E-state index contributed by atoms with van der Waals surface area (Å²) >= 11 is 0. The molecule has 3 heteroatoms. The SMILES string of the molecule is CC(C)c1ccc(CN(C)C(=O)C2(N)CC2)cc1. The van der Waals surface area contributed by atoms with Crippen LogP contribution in [0.5, 0.6) is 0 Å². The molecule has 1 aromatic carbocycles. The molecule has 1 saturated carbocycles. The Hall–Kier alpha value is -1.35. The molecule has 1 aliphatic rings. The molecule has 1 amide bonds. The quantitative estimate of drug-likeness (QED) is 0.885. The average molecular weight is 246 g/mol. The number of hydrogen-bond acceptors (Lipinski definition) is 2. The molecule has 0 radical (unpaired) electrons. The Morgan fingerprint density at radius 1 is 1.33 bits per heavy atom. The average Bonchev–Trinajstić information content (AvgIpc) is 3.08. The lowest BCUT2D eigenvalue weighted by Crippen LogP contribution is -2.43. The zero-order chi connectivity index (χ0) is 13.3. The van der Waals surface area contributed by atoms with Crippen LogP contribution in [0.2, 0.25) is 0 Å². The fourth-order valence-electron chi connectivity index (χ4n) is 2.08. The van der Waals surface area contributed by atoms with Crippen LogP contribution >= 0.6 is 0 Å². The molecule has 18 heavy (non-hydrogen) atoms. The second kappa shape index (κ2) is 4.73. The van der Waals surface area contributed by atoms with Crippen molar-refractivity contribution < 1.29 is 4.79 Å². The molecule has 1 aromatic rings. The van der Waals surface area contributed by atoms with Gasteiger partial charge in [-0.25, -0.2) is 0 Å². The number of carbonyl (C=O) groups is 1. The highest BCUT2D eigenvalue weighted by Crippen LogP contribution is 2.34. The topological polar surface area (TPSA) is 46.3 Å². The Labute approximate surface area is 109 Å². The van der Waals surface area contributed by atoms with Gasteiger partial charge in [0, 0.05) is 13.6 Å². The number of likely N-dealkylation sites (N-methyl/N-ethyl adjacent to an activating group) is 1. The second-order valence-corrected chi connectivity index (χ2v) is 5.71. The molecule has 0 saturated heterocycles. The van der Waals surface area contributed by atoms with Crippen molar-refractivity contribution in [2.45, 2.75) is 44.7 Å². The third-order valence-electron chi connectivity index (χ3n) is 3.63. The lowest BCUT2D eigenvalue weighted by atomic mass is 10.0. The summed E-state index contributed by atoms with van der Waals surface area (Å²) < 4.78 is 0. The predicted molar refractivity (Wildman–Crippen MR) is 73.2 cm³/mol. The fraction of sp³-hybridized carbons (Fsp3) is 0.533. The van der Waals surface area contributed by atoms with E-state index in [4.69, 9.17) is 5.73 Å². The van der Waals surface area contributed by atoms with Gasteiger partial charge in [-0.1, -0.05) is 38.1 Å². The summed E-state index contributed by atoms with van der Waals surface area (Å²) in [4.78, 5) is 13.7.